The fraction of sp³-hybridized carbons (Fsp3) is 0.833. The molecular weight excluding hydrogens is 128 g/mol. The lowest BCUT2D eigenvalue weighted by molar-refractivity contribution is -0.474. The Morgan fingerprint density at radius 2 is 2.00 bits per heavy atom. The third-order valence-corrected chi connectivity index (χ3v) is 1.67. The van der Waals surface area contributed by atoms with E-state index in [1.165, 1.54) is 0 Å². The first kappa shape index (κ1) is 7.34. The van der Waals surface area contributed by atoms with Crippen molar-refractivity contribution in [2.24, 2.45) is 5.84 Å². The van der Waals surface area contributed by atoms with Crippen LogP contribution in [0.1, 0.15) is 0 Å². The van der Waals surface area contributed by atoms with Crippen LogP contribution in [0.3, 0.4) is 0 Å². The van der Waals surface area contributed by atoms with Crippen LogP contribution in [0.2, 0.25) is 0 Å². The van der Waals surface area contributed by atoms with Crippen LogP contribution in [0.4, 0.5) is 0 Å². The molecule has 0 radical (unpaired) electrons. The highest BCUT2D eigenvalue weighted by Crippen LogP contribution is 1.98. The zero-order chi connectivity index (χ0) is 7.72. The van der Waals surface area contributed by atoms with Crippen LogP contribution in [0.15, 0.2) is 0 Å². The summed E-state index contributed by atoms with van der Waals surface area (Å²) in [6, 6.07) is 0. The average Bonchev–Trinajstić information content (AvgIpc) is 2.11. The molecule has 1 rings (SSSR count). The number of hydrogen-bond donors (Lipinski definition) is 1. The van der Waals surface area contributed by atoms with Gasteiger partial charge in [0, 0.05) is 0 Å². The summed E-state index contributed by atoms with van der Waals surface area (Å²) in [7, 11) is 6.04. The van der Waals surface area contributed by atoms with Crippen molar-refractivity contribution in [3.63, 3.8) is 0 Å². The van der Waals surface area contributed by atoms with E-state index < -0.39 is 0 Å². The highest BCUT2D eigenvalue weighted by atomic mass is 15.6. The van der Waals surface area contributed by atoms with Crippen LogP contribution in [0.25, 0.3) is 0 Å². The molecule has 0 aliphatic carbocycles. The van der Waals surface area contributed by atoms with Gasteiger partial charge >= 0.3 is 5.96 Å². The Bertz CT molecular complexity index is 147. The van der Waals surface area contributed by atoms with Crippen molar-refractivity contribution in [3.8, 4) is 0 Å². The first-order valence-electron chi connectivity index (χ1n) is 3.40. The van der Waals surface area contributed by atoms with Gasteiger partial charge in [0.1, 0.15) is 6.54 Å². The molecule has 0 aromatic carbocycles. The Kier molecular flexibility index (Phi) is 1.80. The first-order valence-corrected chi connectivity index (χ1v) is 3.40. The van der Waals surface area contributed by atoms with Crippen molar-refractivity contribution in [3.05, 3.63) is 0 Å². The molecule has 0 aromatic heterocycles. The molecule has 10 heavy (non-hydrogen) atoms. The van der Waals surface area contributed by atoms with E-state index in [0.29, 0.717) is 0 Å². The van der Waals surface area contributed by atoms with Crippen molar-refractivity contribution in [2.75, 3.05) is 34.2 Å². The number of hydrogen-bond acceptors (Lipinski definition) is 1. The van der Waals surface area contributed by atoms with Crippen molar-refractivity contribution >= 4 is 5.96 Å². The Labute approximate surface area is 61.5 Å². The van der Waals surface area contributed by atoms with Gasteiger partial charge < -0.3 is 0 Å². The van der Waals surface area contributed by atoms with Gasteiger partial charge in [0.05, 0.1) is 27.7 Å². The van der Waals surface area contributed by atoms with Gasteiger partial charge in [-0.2, -0.15) is 10.9 Å². The minimum absolute atomic E-state index is 0.921. The predicted octanol–water partition coefficient (Wildman–Crippen LogP) is -1.26. The van der Waals surface area contributed by atoms with Crippen LogP contribution < -0.4 is 5.84 Å². The maximum Gasteiger partial charge on any atom is 0.367 e. The number of guanidine groups is 1. The van der Waals surface area contributed by atoms with E-state index in [-0.39, 0.29) is 0 Å². The molecule has 58 valence electrons. The smallest absolute Gasteiger partial charge is 0.269 e. The van der Waals surface area contributed by atoms with E-state index in [2.05, 4.69) is 4.90 Å². The molecule has 0 bridgehead atoms. The minimum atomic E-state index is 0.921. The predicted molar refractivity (Wildman–Crippen MR) is 40.6 cm³/mol. The Morgan fingerprint density at radius 3 is 2.20 bits per heavy atom. The monoisotopic (exact) mass is 143 g/mol. The number of likely N-dealkylation sites (N-methyl/N-ethyl adjacent to an activating group) is 1. The van der Waals surface area contributed by atoms with E-state index in [0.717, 1.165) is 19.0 Å². The van der Waals surface area contributed by atoms with E-state index >= 15 is 0 Å². The number of nitrogens with two attached hydrogens (primary N) is 1. The van der Waals surface area contributed by atoms with Gasteiger partial charge in [0.2, 0.25) is 0 Å². The molecule has 0 aromatic rings. The number of hydrazine groups is 1. The van der Waals surface area contributed by atoms with Gasteiger partial charge in [-0.05, 0) is 0 Å². The molecular formula is C6H15N4+. The van der Waals surface area contributed by atoms with Crippen LogP contribution in [-0.4, -0.2) is 54.7 Å². The van der Waals surface area contributed by atoms with Crippen LogP contribution in [0.5, 0.6) is 0 Å². The maximum absolute atomic E-state index is 5.68. The number of rotatable bonds is 0. The molecule has 2 N–H and O–H groups in total. The second-order valence-electron chi connectivity index (χ2n) is 2.81. The summed E-state index contributed by atoms with van der Waals surface area (Å²) in [4.78, 5) is 2.14. The van der Waals surface area contributed by atoms with Gasteiger partial charge in [0.25, 0.3) is 0 Å². The fourth-order valence-corrected chi connectivity index (χ4v) is 1.28. The van der Waals surface area contributed by atoms with Crippen molar-refractivity contribution in [1.29, 1.82) is 0 Å². The minimum Gasteiger partial charge on any atom is -0.269 e. The first-order chi connectivity index (χ1) is 4.63. The third-order valence-electron chi connectivity index (χ3n) is 1.67. The summed E-state index contributed by atoms with van der Waals surface area (Å²) < 4.78 is 2.02. The summed E-state index contributed by atoms with van der Waals surface area (Å²) in [5, 5.41) is 1.76. The van der Waals surface area contributed by atoms with Crippen molar-refractivity contribution in [1.82, 2.24) is 9.91 Å². The third kappa shape index (κ3) is 1.07. The quantitative estimate of drug-likeness (QED) is 0.339. The molecule has 0 amide bonds. The van der Waals surface area contributed by atoms with E-state index in [1.807, 2.05) is 25.7 Å². The molecule has 4 nitrogen and oxygen atoms in total. The zero-order valence-corrected chi connectivity index (χ0v) is 6.83. The standard InChI is InChI=1S/C6H15N4/c1-8(2)6-9(3)4-5-10(6)7/h4-5,7H2,1-3H3/q+1. The molecule has 4 heteroatoms. The molecule has 1 aliphatic rings. The zero-order valence-electron chi connectivity index (χ0n) is 6.83. The molecule has 1 saturated heterocycles. The van der Waals surface area contributed by atoms with Gasteiger partial charge in [0.15, 0.2) is 0 Å². The molecule has 0 saturated carbocycles. The summed E-state index contributed by atoms with van der Waals surface area (Å²) in [6.07, 6.45) is 0. The van der Waals surface area contributed by atoms with Crippen molar-refractivity contribution in [2.45, 2.75) is 0 Å². The van der Waals surface area contributed by atoms with Gasteiger partial charge in [-0.3, -0.25) is 9.48 Å². The van der Waals surface area contributed by atoms with E-state index in [9.17, 15) is 0 Å². The van der Waals surface area contributed by atoms with E-state index in [1.54, 1.807) is 5.01 Å². The van der Waals surface area contributed by atoms with E-state index in [4.69, 9.17) is 5.84 Å². The van der Waals surface area contributed by atoms with Crippen LogP contribution >= 0.6 is 0 Å². The molecule has 0 unspecified atom stereocenters. The SMILES string of the molecule is CN1CCN(N)C1=[N+](C)C. The largest absolute Gasteiger partial charge is 0.367 e. The molecule has 0 spiro atoms. The molecule has 1 fully saturated rings. The maximum atomic E-state index is 5.68. The topological polar surface area (TPSA) is 35.5 Å². The lowest BCUT2D eigenvalue weighted by Crippen LogP contribution is -2.41. The molecule has 0 atom stereocenters. The normalized spacial score (nSPS) is 18.6. The Morgan fingerprint density at radius 1 is 1.40 bits per heavy atom. The van der Waals surface area contributed by atoms with Crippen LogP contribution in [-0.2, 0) is 0 Å². The fourth-order valence-electron chi connectivity index (χ4n) is 1.28. The lowest BCUT2D eigenvalue weighted by atomic mass is 10.6. The van der Waals surface area contributed by atoms with Gasteiger partial charge in [-0.1, -0.05) is 0 Å². The highest BCUT2D eigenvalue weighted by Gasteiger charge is 2.29. The highest BCUT2D eigenvalue weighted by molar-refractivity contribution is 5.76. The second-order valence-corrected chi connectivity index (χ2v) is 2.81. The van der Waals surface area contributed by atoms with Gasteiger partial charge in [-0.25, -0.2) is 0 Å². The van der Waals surface area contributed by atoms with Crippen molar-refractivity contribution < 1.29 is 4.58 Å². The summed E-state index contributed by atoms with van der Waals surface area (Å²) in [6.45, 7) is 1.94. The Hall–Kier alpha value is -0.770. The number of nitrogens with zero attached hydrogens (tertiary/aromatic N) is 3. The molecule has 1 heterocycles. The second kappa shape index (κ2) is 2.46. The average molecular weight is 143 g/mol. The summed E-state index contributed by atoms with van der Waals surface area (Å²) >= 11 is 0. The van der Waals surface area contributed by atoms with Crippen LogP contribution in [0, 0.1) is 0 Å². The molecule has 1 aliphatic heterocycles. The lowest BCUT2D eigenvalue weighted by Gasteiger charge is -2.09. The Balaban J connectivity index is 2.82. The summed E-state index contributed by atoms with van der Waals surface area (Å²) in [5.74, 6) is 6.77. The summed E-state index contributed by atoms with van der Waals surface area (Å²) in [5.41, 5.74) is 0. The van der Waals surface area contributed by atoms with Gasteiger partial charge in [-0.15, -0.1) is 0 Å².